The molecular weight excluding hydrogens is 164 g/mol. The van der Waals surface area contributed by atoms with E-state index in [4.69, 9.17) is 9.47 Å². The minimum Gasteiger partial charge on any atom is -0.344 e. The molecule has 1 saturated carbocycles. The lowest BCUT2D eigenvalue weighted by molar-refractivity contribution is -0.158. The van der Waals surface area contributed by atoms with Crippen molar-refractivity contribution in [1.29, 1.82) is 0 Å². The second-order valence-corrected chi connectivity index (χ2v) is 4.68. The van der Waals surface area contributed by atoms with Gasteiger partial charge in [-0.15, -0.1) is 6.58 Å². The van der Waals surface area contributed by atoms with Gasteiger partial charge in [-0.25, -0.2) is 0 Å². The first-order valence-corrected chi connectivity index (χ1v) is 5.02. The van der Waals surface area contributed by atoms with Crippen molar-refractivity contribution in [3.63, 3.8) is 0 Å². The van der Waals surface area contributed by atoms with E-state index in [1.165, 1.54) is 0 Å². The van der Waals surface area contributed by atoms with Crippen molar-refractivity contribution in [3.05, 3.63) is 12.7 Å². The smallest absolute Gasteiger partial charge is 0.163 e. The van der Waals surface area contributed by atoms with Crippen LogP contribution in [0.1, 0.15) is 27.2 Å². The summed E-state index contributed by atoms with van der Waals surface area (Å²) in [6.45, 7) is 10.0. The van der Waals surface area contributed by atoms with Crippen LogP contribution in [0.4, 0.5) is 0 Å². The first-order chi connectivity index (χ1) is 6.03. The molecule has 1 aliphatic carbocycles. The van der Waals surface area contributed by atoms with E-state index in [2.05, 4.69) is 13.5 Å². The summed E-state index contributed by atoms with van der Waals surface area (Å²) in [5.74, 6) is 0.669. The Morgan fingerprint density at radius 1 is 1.31 bits per heavy atom. The first kappa shape index (κ1) is 9.22. The molecule has 2 aliphatic rings. The summed E-state index contributed by atoms with van der Waals surface area (Å²) in [6, 6.07) is 0. The molecule has 0 aromatic carbocycles. The highest BCUT2D eigenvalue weighted by Crippen LogP contribution is 2.44. The molecule has 2 nitrogen and oxygen atoms in total. The van der Waals surface area contributed by atoms with Gasteiger partial charge < -0.3 is 9.47 Å². The van der Waals surface area contributed by atoms with Gasteiger partial charge in [-0.2, -0.15) is 0 Å². The summed E-state index contributed by atoms with van der Waals surface area (Å²) < 4.78 is 11.7. The fourth-order valence-corrected chi connectivity index (χ4v) is 2.52. The van der Waals surface area contributed by atoms with Crippen molar-refractivity contribution < 1.29 is 9.47 Å². The Kier molecular flexibility index (Phi) is 2.00. The van der Waals surface area contributed by atoms with Crippen LogP contribution in [0.5, 0.6) is 0 Å². The van der Waals surface area contributed by atoms with Crippen molar-refractivity contribution in [2.24, 2.45) is 11.8 Å². The number of hydrogen-bond acceptors (Lipinski definition) is 2. The minimum absolute atomic E-state index is 0.238. The summed E-state index contributed by atoms with van der Waals surface area (Å²) in [4.78, 5) is 0. The molecular formula is C11H18O2. The van der Waals surface area contributed by atoms with E-state index in [0.717, 1.165) is 6.42 Å². The molecule has 1 saturated heterocycles. The zero-order valence-corrected chi connectivity index (χ0v) is 8.62. The lowest BCUT2D eigenvalue weighted by Gasteiger charge is -2.21. The van der Waals surface area contributed by atoms with E-state index in [0.29, 0.717) is 11.8 Å². The van der Waals surface area contributed by atoms with Crippen LogP contribution in [0.15, 0.2) is 12.7 Å². The van der Waals surface area contributed by atoms with E-state index in [9.17, 15) is 0 Å². The van der Waals surface area contributed by atoms with Crippen LogP contribution >= 0.6 is 0 Å². The Morgan fingerprint density at radius 2 is 1.92 bits per heavy atom. The van der Waals surface area contributed by atoms with Crippen molar-refractivity contribution in [2.75, 3.05) is 0 Å². The van der Waals surface area contributed by atoms with E-state index < -0.39 is 5.79 Å². The molecule has 0 aromatic heterocycles. The fraction of sp³-hybridized carbons (Fsp3) is 0.818. The Morgan fingerprint density at radius 3 is 2.54 bits per heavy atom. The van der Waals surface area contributed by atoms with Crippen LogP contribution in [-0.4, -0.2) is 18.0 Å². The number of fused-ring (bicyclic) bond motifs is 1. The van der Waals surface area contributed by atoms with Crippen LogP contribution < -0.4 is 0 Å². The number of rotatable bonds is 1. The maximum absolute atomic E-state index is 5.85. The summed E-state index contributed by atoms with van der Waals surface area (Å²) in [5.41, 5.74) is 0. The van der Waals surface area contributed by atoms with E-state index in [1.807, 2.05) is 19.9 Å². The van der Waals surface area contributed by atoms with Crippen LogP contribution in [0.3, 0.4) is 0 Å². The van der Waals surface area contributed by atoms with Gasteiger partial charge in [0, 0.05) is 5.92 Å². The van der Waals surface area contributed by atoms with E-state index >= 15 is 0 Å². The van der Waals surface area contributed by atoms with Crippen molar-refractivity contribution in [3.8, 4) is 0 Å². The highest BCUT2D eigenvalue weighted by Gasteiger charge is 2.51. The van der Waals surface area contributed by atoms with Crippen LogP contribution in [0, 0.1) is 11.8 Å². The van der Waals surface area contributed by atoms with Gasteiger partial charge in [0.2, 0.25) is 0 Å². The summed E-state index contributed by atoms with van der Waals surface area (Å²) in [5, 5.41) is 0. The van der Waals surface area contributed by atoms with Gasteiger partial charge >= 0.3 is 0 Å². The molecule has 0 spiro atoms. The number of hydrogen-bond donors (Lipinski definition) is 0. The van der Waals surface area contributed by atoms with Crippen LogP contribution in [0.25, 0.3) is 0 Å². The van der Waals surface area contributed by atoms with Crippen molar-refractivity contribution >= 4 is 0 Å². The average Bonchev–Trinajstić information content (AvgIpc) is 2.47. The topological polar surface area (TPSA) is 18.5 Å². The molecule has 4 atom stereocenters. The zero-order valence-electron chi connectivity index (χ0n) is 8.62. The quantitative estimate of drug-likeness (QED) is 0.579. The molecule has 74 valence electrons. The molecule has 0 amide bonds. The average molecular weight is 182 g/mol. The van der Waals surface area contributed by atoms with Crippen LogP contribution in [0.2, 0.25) is 0 Å². The zero-order chi connectivity index (χ0) is 9.64. The molecule has 0 aromatic rings. The molecule has 2 fully saturated rings. The Bertz CT molecular complexity index is 222. The highest BCUT2D eigenvalue weighted by molar-refractivity contribution is 5.02. The molecule has 13 heavy (non-hydrogen) atoms. The molecule has 1 heterocycles. The summed E-state index contributed by atoms with van der Waals surface area (Å²) in [7, 11) is 0. The summed E-state index contributed by atoms with van der Waals surface area (Å²) >= 11 is 0. The van der Waals surface area contributed by atoms with Crippen LogP contribution in [-0.2, 0) is 9.47 Å². The van der Waals surface area contributed by atoms with Crippen molar-refractivity contribution in [1.82, 2.24) is 0 Å². The van der Waals surface area contributed by atoms with Gasteiger partial charge in [-0.3, -0.25) is 0 Å². The second kappa shape index (κ2) is 2.82. The highest BCUT2D eigenvalue weighted by atomic mass is 16.8. The third-order valence-electron chi connectivity index (χ3n) is 3.09. The van der Waals surface area contributed by atoms with Gasteiger partial charge in [-0.05, 0) is 26.2 Å². The second-order valence-electron chi connectivity index (χ2n) is 4.68. The lowest BCUT2D eigenvalue weighted by atomic mass is 10.1. The van der Waals surface area contributed by atoms with Gasteiger partial charge in [-0.1, -0.05) is 13.0 Å². The minimum atomic E-state index is -0.398. The SMILES string of the molecule is C=C[C@H]1C[C@@H](C)[C@@H]2OC(C)(C)O[C@@H]21. The molecule has 1 aliphatic heterocycles. The van der Waals surface area contributed by atoms with Gasteiger partial charge in [0.15, 0.2) is 5.79 Å². The standard InChI is InChI=1S/C11H18O2/c1-5-8-6-7(2)9-10(8)13-11(3,4)12-9/h5,7-10H,1,6H2,2-4H3/t7-,8+,9+,10-/m1/s1. The third kappa shape index (κ3) is 1.42. The molecule has 0 radical (unpaired) electrons. The predicted molar refractivity (Wildman–Crippen MR) is 51.3 cm³/mol. The Hall–Kier alpha value is -0.340. The maximum Gasteiger partial charge on any atom is 0.163 e. The molecule has 0 N–H and O–H groups in total. The Balaban J connectivity index is 2.17. The maximum atomic E-state index is 5.85. The molecule has 0 bridgehead atoms. The van der Waals surface area contributed by atoms with Gasteiger partial charge in [0.25, 0.3) is 0 Å². The molecule has 2 heteroatoms. The lowest BCUT2D eigenvalue weighted by Crippen LogP contribution is -2.24. The number of ether oxygens (including phenoxy) is 2. The Labute approximate surface area is 79.9 Å². The first-order valence-electron chi connectivity index (χ1n) is 5.02. The molecule has 2 rings (SSSR count). The monoisotopic (exact) mass is 182 g/mol. The molecule has 0 unspecified atom stereocenters. The van der Waals surface area contributed by atoms with Gasteiger partial charge in [0.05, 0.1) is 12.2 Å². The summed E-state index contributed by atoms with van der Waals surface area (Å²) in [6.07, 6.45) is 3.67. The van der Waals surface area contributed by atoms with E-state index in [-0.39, 0.29) is 12.2 Å². The fourth-order valence-electron chi connectivity index (χ4n) is 2.52. The largest absolute Gasteiger partial charge is 0.344 e. The third-order valence-corrected chi connectivity index (χ3v) is 3.09. The van der Waals surface area contributed by atoms with Crippen molar-refractivity contribution in [2.45, 2.75) is 45.2 Å². The van der Waals surface area contributed by atoms with E-state index in [1.54, 1.807) is 0 Å². The normalized spacial score (nSPS) is 47.6. The van der Waals surface area contributed by atoms with Gasteiger partial charge in [0.1, 0.15) is 0 Å². The predicted octanol–water partition coefficient (Wildman–Crippen LogP) is 2.35.